The Morgan fingerprint density at radius 3 is 2.61 bits per heavy atom. The number of ether oxygens (including phenoxy) is 1. The number of hydrogen-bond donors (Lipinski definition) is 0. The van der Waals surface area contributed by atoms with E-state index in [9.17, 15) is 9.18 Å². The van der Waals surface area contributed by atoms with Gasteiger partial charge >= 0.3 is 0 Å². The van der Waals surface area contributed by atoms with Gasteiger partial charge in [-0.15, -0.1) is 0 Å². The molecule has 0 amide bonds. The summed E-state index contributed by atoms with van der Waals surface area (Å²) in [6.07, 6.45) is 5.02. The highest BCUT2D eigenvalue weighted by Crippen LogP contribution is 2.22. The van der Waals surface area contributed by atoms with Crippen LogP contribution in [0.2, 0.25) is 0 Å². The average molecular weight is 311 g/mol. The van der Waals surface area contributed by atoms with Crippen LogP contribution in [0.5, 0.6) is 5.75 Å². The number of aromatic nitrogens is 3. The van der Waals surface area contributed by atoms with E-state index >= 15 is 0 Å². The Morgan fingerprint density at radius 1 is 1.17 bits per heavy atom. The predicted octanol–water partition coefficient (Wildman–Crippen LogP) is 2.91. The van der Waals surface area contributed by atoms with Gasteiger partial charge < -0.3 is 4.74 Å². The summed E-state index contributed by atoms with van der Waals surface area (Å²) in [4.78, 5) is 12.3. The van der Waals surface area contributed by atoms with Crippen LogP contribution in [-0.4, -0.2) is 21.6 Å². The maximum atomic E-state index is 12.3. The standard InChI is InChI=1S/C17H14FN3O2/c1-12-8-17(22)21(10-16(12)13-6-7-19-20-9-13)14-2-4-15(5-3-14)23-11-18/h2-10H,11H2,1H3. The SMILES string of the molecule is Cc1cc(=O)n(-c2ccc(OCF)cc2)cc1-c1ccnnc1. The molecule has 0 bridgehead atoms. The molecule has 1 aromatic carbocycles. The first-order valence-corrected chi connectivity index (χ1v) is 6.98. The molecule has 116 valence electrons. The molecule has 3 aromatic rings. The Hall–Kier alpha value is -3.02. The summed E-state index contributed by atoms with van der Waals surface area (Å²) in [5.74, 6) is 0.412. The predicted molar refractivity (Wildman–Crippen MR) is 84.4 cm³/mol. The zero-order valence-electron chi connectivity index (χ0n) is 12.4. The van der Waals surface area contributed by atoms with Crippen molar-refractivity contribution in [1.29, 1.82) is 0 Å². The second kappa shape index (κ2) is 6.39. The summed E-state index contributed by atoms with van der Waals surface area (Å²) < 4.78 is 18.5. The van der Waals surface area contributed by atoms with Crippen LogP contribution in [0.25, 0.3) is 16.8 Å². The van der Waals surface area contributed by atoms with Crippen molar-refractivity contribution in [2.75, 3.05) is 6.86 Å². The van der Waals surface area contributed by atoms with Crippen LogP contribution >= 0.6 is 0 Å². The monoisotopic (exact) mass is 311 g/mol. The molecule has 6 heteroatoms. The largest absolute Gasteiger partial charge is 0.463 e. The molecule has 0 aliphatic rings. The van der Waals surface area contributed by atoms with Gasteiger partial charge in [-0.25, -0.2) is 4.39 Å². The second-order valence-corrected chi connectivity index (χ2v) is 4.96. The van der Waals surface area contributed by atoms with Gasteiger partial charge in [0.1, 0.15) is 5.75 Å². The third-order valence-corrected chi connectivity index (χ3v) is 3.49. The number of nitrogens with zero attached hydrogens (tertiary/aromatic N) is 3. The molecule has 0 saturated heterocycles. The lowest BCUT2D eigenvalue weighted by atomic mass is 10.1. The Morgan fingerprint density at radius 2 is 1.96 bits per heavy atom. The van der Waals surface area contributed by atoms with Crippen LogP contribution in [0, 0.1) is 6.92 Å². The summed E-state index contributed by atoms with van der Waals surface area (Å²) in [6, 6.07) is 10.1. The number of alkyl halides is 1. The van der Waals surface area contributed by atoms with E-state index in [1.54, 1.807) is 48.9 Å². The van der Waals surface area contributed by atoms with Crippen LogP contribution in [0.15, 0.2) is 59.8 Å². The van der Waals surface area contributed by atoms with Gasteiger partial charge in [0.25, 0.3) is 5.56 Å². The smallest absolute Gasteiger partial charge is 0.255 e. The van der Waals surface area contributed by atoms with Crippen molar-refractivity contribution in [2.45, 2.75) is 6.92 Å². The van der Waals surface area contributed by atoms with Crippen LogP contribution in [0.3, 0.4) is 0 Å². The van der Waals surface area contributed by atoms with Crippen molar-refractivity contribution in [3.63, 3.8) is 0 Å². The fourth-order valence-corrected chi connectivity index (χ4v) is 2.35. The molecule has 2 aromatic heterocycles. The first-order chi connectivity index (χ1) is 11.2. The molecule has 0 unspecified atom stereocenters. The first-order valence-electron chi connectivity index (χ1n) is 6.98. The Kier molecular flexibility index (Phi) is 4.14. The second-order valence-electron chi connectivity index (χ2n) is 4.96. The van der Waals surface area contributed by atoms with Crippen molar-refractivity contribution >= 4 is 0 Å². The molecule has 0 saturated carbocycles. The Bertz CT molecular complexity index is 861. The third kappa shape index (κ3) is 3.11. The van der Waals surface area contributed by atoms with Gasteiger partial charge in [0.2, 0.25) is 6.86 Å². The van der Waals surface area contributed by atoms with E-state index in [4.69, 9.17) is 4.74 Å². The average Bonchev–Trinajstić information content (AvgIpc) is 2.57. The Labute approximate surface area is 132 Å². The summed E-state index contributed by atoms with van der Waals surface area (Å²) in [5, 5.41) is 7.63. The van der Waals surface area contributed by atoms with E-state index in [1.165, 1.54) is 4.57 Å². The third-order valence-electron chi connectivity index (χ3n) is 3.49. The van der Waals surface area contributed by atoms with Crippen molar-refractivity contribution in [3.05, 3.63) is 70.9 Å². The van der Waals surface area contributed by atoms with Crippen LogP contribution < -0.4 is 10.3 Å². The quantitative estimate of drug-likeness (QED) is 0.743. The fraction of sp³-hybridized carbons (Fsp3) is 0.118. The van der Waals surface area contributed by atoms with Gasteiger partial charge in [-0.3, -0.25) is 9.36 Å². The van der Waals surface area contributed by atoms with Crippen molar-refractivity contribution in [1.82, 2.24) is 14.8 Å². The van der Waals surface area contributed by atoms with Crippen LogP contribution in [-0.2, 0) is 0 Å². The molecule has 0 fully saturated rings. The van der Waals surface area contributed by atoms with E-state index in [-0.39, 0.29) is 5.56 Å². The van der Waals surface area contributed by atoms with Gasteiger partial charge in [0, 0.05) is 29.1 Å². The summed E-state index contributed by atoms with van der Waals surface area (Å²) in [6.45, 7) is 0.989. The lowest BCUT2D eigenvalue weighted by Gasteiger charge is -2.11. The van der Waals surface area contributed by atoms with Gasteiger partial charge in [0.05, 0.1) is 12.4 Å². The molecular formula is C17H14FN3O2. The molecule has 0 aliphatic heterocycles. The molecule has 0 spiro atoms. The highest BCUT2D eigenvalue weighted by molar-refractivity contribution is 5.65. The minimum atomic E-state index is -0.886. The lowest BCUT2D eigenvalue weighted by Crippen LogP contribution is -2.17. The van der Waals surface area contributed by atoms with E-state index in [0.717, 1.165) is 16.7 Å². The summed E-state index contributed by atoms with van der Waals surface area (Å²) >= 11 is 0. The summed E-state index contributed by atoms with van der Waals surface area (Å²) in [7, 11) is 0. The van der Waals surface area contributed by atoms with Crippen molar-refractivity contribution in [3.8, 4) is 22.6 Å². The fourth-order valence-electron chi connectivity index (χ4n) is 2.35. The number of halogens is 1. The minimum absolute atomic E-state index is 0.146. The molecule has 0 radical (unpaired) electrons. The molecule has 3 rings (SSSR count). The number of hydrogen-bond acceptors (Lipinski definition) is 4. The minimum Gasteiger partial charge on any atom is -0.463 e. The lowest BCUT2D eigenvalue weighted by molar-refractivity contribution is 0.192. The molecule has 0 aliphatic carbocycles. The van der Waals surface area contributed by atoms with Crippen LogP contribution in [0.1, 0.15) is 5.56 Å². The van der Waals surface area contributed by atoms with Crippen LogP contribution in [0.4, 0.5) is 4.39 Å². The van der Waals surface area contributed by atoms with E-state index < -0.39 is 6.86 Å². The molecule has 5 nitrogen and oxygen atoms in total. The Balaban J connectivity index is 2.07. The van der Waals surface area contributed by atoms with Gasteiger partial charge in [-0.05, 0) is 42.8 Å². The van der Waals surface area contributed by atoms with Crippen molar-refractivity contribution < 1.29 is 9.13 Å². The van der Waals surface area contributed by atoms with E-state index in [2.05, 4.69) is 10.2 Å². The summed E-state index contributed by atoms with van der Waals surface area (Å²) in [5.41, 5.74) is 3.15. The van der Waals surface area contributed by atoms with E-state index in [0.29, 0.717) is 11.4 Å². The maximum absolute atomic E-state index is 12.3. The highest BCUT2D eigenvalue weighted by atomic mass is 19.1. The molecule has 2 heterocycles. The highest BCUT2D eigenvalue weighted by Gasteiger charge is 2.08. The number of pyridine rings is 1. The normalized spacial score (nSPS) is 10.5. The molecule has 0 atom stereocenters. The molecule has 23 heavy (non-hydrogen) atoms. The van der Waals surface area contributed by atoms with Gasteiger partial charge in [-0.2, -0.15) is 10.2 Å². The first kappa shape index (κ1) is 14.9. The van der Waals surface area contributed by atoms with E-state index in [1.807, 2.05) is 13.0 Å². The number of benzene rings is 1. The topological polar surface area (TPSA) is 57.0 Å². The number of aryl methyl sites for hydroxylation is 1. The number of rotatable bonds is 4. The van der Waals surface area contributed by atoms with Gasteiger partial charge in [0.15, 0.2) is 0 Å². The molecular weight excluding hydrogens is 297 g/mol. The molecule has 0 N–H and O–H groups in total. The van der Waals surface area contributed by atoms with Crippen molar-refractivity contribution in [2.24, 2.45) is 0 Å². The zero-order valence-corrected chi connectivity index (χ0v) is 12.4. The zero-order chi connectivity index (χ0) is 16.2. The van der Waals surface area contributed by atoms with Gasteiger partial charge in [-0.1, -0.05) is 0 Å². The maximum Gasteiger partial charge on any atom is 0.255 e.